The molecular formula is C24H25BrFN7O3. The molecule has 0 aliphatic heterocycles. The molecule has 0 saturated heterocycles. The van der Waals surface area contributed by atoms with E-state index in [4.69, 9.17) is 4.74 Å². The summed E-state index contributed by atoms with van der Waals surface area (Å²) in [6.45, 7) is 3.74. The molecule has 1 aromatic carbocycles. The summed E-state index contributed by atoms with van der Waals surface area (Å²) < 4.78 is 24.4. The van der Waals surface area contributed by atoms with E-state index in [2.05, 4.69) is 31.1 Å². The van der Waals surface area contributed by atoms with Gasteiger partial charge in [0.05, 0.1) is 15.9 Å². The van der Waals surface area contributed by atoms with Gasteiger partial charge in [-0.25, -0.2) is 4.39 Å². The van der Waals surface area contributed by atoms with Crippen molar-refractivity contribution in [3.63, 3.8) is 0 Å². The summed E-state index contributed by atoms with van der Waals surface area (Å²) in [6.07, 6.45) is 3.24. The number of pyridine rings is 1. The first-order valence-electron chi connectivity index (χ1n) is 11.2. The summed E-state index contributed by atoms with van der Waals surface area (Å²) in [5.41, 5.74) is 3.45. The number of nitro groups is 1. The first-order chi connectivity index (χ1) is 17.1. The highest BCUT2D eigenvalue weighted by atomic mass is 79.9. The highest BCUT2D eigenvalue weighted by molar-refractivity contribution is 9.10. The summed E-state index contributed by atoms with van der Waals surface area (Å²) in [5, 5.41) is 20.7. The molecule has 0 aliphatic rings. The fourth-order valence-electron chi connectivity index (χ4n) is 4.02. The van der Waals surface area contributed by atoms with Crippen molar-refractivity contribution >= 4 is 33.3 Å². The maximum atomic E-state index is 14.4. The predicted octanol–water partition coefficient (Wildman–Crippen LogP) is 5.50. The molecule has 3 heterocycles. The van der Waals surface area contributed by atoms with Crippen molar-refractivity contribution in [2.45, 2.75) is 26.4 Å². The Balaban J connectivity index is 1.78. The third kappa shape index (κ3) is 4.94. The highest BCUT2D eigenvalue weighted by Gasteiger charge is 2.25. The van der Waals surface area contributed by atoms with Crippen molar-refractivity contribution in [2.75, 3.05) is 11.9 Å². The van der Waals surface area contributed by atoms with Crippen molar-refractivity contribution in [1.29, 1.82) is 0 Å². The van der Waals surface area contributed by atoms with E-state index in [1.807, 2.05) is 38.2 Å². The molecule has 1 atom stereocenters. The van der Waals surface area contributed by atoms with Gasteiger partial charge >= 0.3 is 5.82 Å². The maximum Gasteiger partial charge on any atom is 0.406 e. The van der Waals surface area contributed by atoms with Crippen molar-refractivity contribution < 1.29 is 14.1 Å². The Morgan fingerprint density at radius 1 is 1.25 bits per heavy atom. The third-order valence-electron chi connectivity index (χ3n) is 5.77. The predicted molar refractivity (Wildman–Crippen MR) is 137 cm³/mol. The Hall–Kier alpha value is -3.80. The molecular weight excluding hydrogens is 533 g/mol. The normalized spacial score (nSPS) is 12.0. The maximum absolute atomic E-state index is 14.4. The van der Waals surface area contributed by atoms with Crippen LogP contribution in [0, 0.1) is 15.9 Å². The minimum atomic E-state index is -0.756. The molecule has 0 spiro atoms. The van der Waals surface area contributed by atoms with Gasteiger partial charge in [-0.3, -0.25) is 9.36 Å². The van der Waals surface area contributed by atoms with Crippen LogP contribution in [0.2, 0.25) is 0 Å². The van der Waals surface area contributed by atoms with Crippen molar-refractivity contribution in [1.82, 2.24) is 24.5 Å². The number of nitrogens with zero attached hydrogens (tertiary/aromatic N) is 7. The topological polar surface area (TPSA) is 104 Å². The van der Waals surface area contributed by atoms with Gasteiger partial charge < -0.3 is 19.8 Å². The lowest BCUT2D eigenvalue weighted by atomic mass is 9.99. The zero-order valence-corrected chi connectivity index (χ0v) is 22.0. The van der Waals surface area contributed by atoms with Crippen LogP contribution in [0.5, 0.6) is 5.75 Å². The minimum absolute atomic E-state index is 0.0302. The second-order valence-corrected chi connectivity index (χ2v) is 9.21. The molecule has 0 amide bonds. The Kier molecular flexibility index (Phi) is 7.07. The summed E-state index contributed by atoms with van der Waals surface area (Å²) in [5.74, 6) is -0.0531. The van der Waals surface area contributed by atoms with Crippen LogP contribution in [-0.4, -0.2) is 36.5 Å². The second kappa shape index (κ2) is 10.1. The van der Waals surface area contributed by atoms with Crippen LogP contribution in [0.1, 0.15) is 31.2 Å². The van der Waals surface area contributed by atoms with E-state index < -0.39 is 22.7 Å². The molecule has 0 saturated carbocycles. The SMILES string of the molecule is CCc1cc(N(C)c2cn(C)nc2-c2ccc(F)cc2[C@@H](C)Oc2cc(Br)cnc2[N+](=O)[O-])n(C)n1. The van der Waals surface area contributed by atoms with E-state index in [-0.39, 0.29) is 5.75 Å². The number of hydrogen-bond acceptors (Lipinski definition) is 7. The molecule has 0 unspecified atom stereocenters. The van der Waals surface area contributed by atoms with Crippen LogP contribution in [0.15, 0.2) is 47.2 Å². The average molecular weight is 558 g/mol. The fraction of sp³-hybridized carbons (Fsp3) is 0.292. The molecule has 0 aliphatic carbocycles. The molecule has 12 heteroatoms. The van der Waals surface area contributed by atoms with E-state index in [0.29, 0.717) is 21.3 Å². The number of aryl methyl sites for hydroxylation is 3. The lowest BCUT2D eigenvalue weighted by Gasteiger charge is -2.21. The summed E-state index contributed by atoms with van der Waals surface area (Å²) in [6, 6.07) is 7.82. The quantitative estimate of drug-likeness (QED) is 0.208. The fourth-order valence-corrected chi connectivity index (χ4v) is 4.33. The number of ether oxygens (including phenoxy) is 1. The first kappa shape index (κ1) is 25.3. The Labute approximate surface area is 215 Å². The summed E-state index contributed by atoms with van der Waals surface area (Å²) in [4.78, 5) is 16.7. The van der Waals surface area contributed by atoms with Gasteiger partial charge in [0.1, 0.15) is 23.4 Å². The van der Waals surface area contributed by atoms with Crippen molar-refractivity contribution in [3.8, 4) is 17.0 Å². The average Bonchev–Trinajstić information content (AvgIpc) is 3.40. The van der Waals surface area contributed by atoms with Gasteiger partial charge in [-0.2, -0.15) is 10.2 Å². The molecule has 0 fully saturated rings. The smallest absolute Gasteiger partial charge is 0.406 e. The van der Waals surface area contributed by atoms with Crippen molar-refractivity contribution in [3.05, 3.63) is 74.4 Å². The number of benzene rings is 1. The molecule has 4 rings (SSSR count). The zero-order chi connectivity index (χ0) is 26.1. The lowest BCUT2D eigenvalue weighted by molar-refractivity contribution is -0.390. The van der Waals surface area contributed by atoms with Gasteiger partial charge in [0.25, 0.3) is 0 Å². The van der Waals surface area contributed by atoms with Gasteiger partial charge in [0, 0.05) is 50.6 Å². The van der Waals surface area contributed by atoms with E-state index in [9.17, 15) is 14.5 Å². The second-order valence-electron chi connectivity index (χ2n) is 8.29. The van der Waals surface area contributed by atoms with Crippen LogP contribution >= 0.6 is 15.9 Å². The summed E-state index contributed by atoms with van der Waals surface area (Å²) in [7, 11) is 5.59. The molecule has 4 aromatic rings. The highest BCUT2D eigenvalue weighted by Crippen LogP contribution is 2.39. The number of halogens is 2. The van der Waals surface area contributed by atoms with Gasteiger partial charge in [0.15, 0.2) is 6.20 Å². The monoisotopic (exact) mass is 557 g/mol. The molecule has 0 bridgehead atoms. The zero-order valence-electron chi connectivity index (χ0n) is 20.4. The van der Waals surface area contributed by atoms with Gasteiger partial charge in [-0.15, -0.1) is 0 Å². The van der Waals surface area contributed by atoms with E-state index in [0.717, 1.165) is 23.6 Å². The Bertz CT molecular complexity index is 1440. The van der Waals surface area contributed by atoms with Crippen LogP contribution in [0.4, 0.5) is 21.7 Å². The van der Waals surface area contributed by atoms with Crippen LogP contribution in [0.25, 0.3) is 11.3 Å². The van der Waals surface area contributed by atoms with Gasteiger partial charge in [-0.1, -0.05) is 6.92 Å². The van der Waals surface area contributed by atoms with Crippen LogP contribution in [0.3, 0.4) is 0 Å². The molecule has 3 aromatic heterocycles. The summed E-state index contributed by atoms with van der Waals surface area (Å²) >= 11 is 3.27. The molecule has 0 radical (unpaired) electrons. The van der Waals surface area contributed by atoms with Gasteiger partial charge in [-0.05, 0) is 57.4 Å². The standard InChI is InChI=1S/C24H25BrFN7O3/c1-6-17-11-22(32(5)28-17)31(4)20-13-30(3)29-23(20)18-8-7-16(26)10-19(18)14(2)36-21-9-15(25)12-27-24(21)33(34)35/h7-14H,6H2,1-5H3/t14-/m1/s1. The van der Waals surface area contributed by atoms with Crippen molar-refractivity contribution in [2.24, 2.45) is 14.1 Å². The number of rotatable bonds is 8. The van der Waals surface area contributed by atoms with E-state index >= 15 is 0 Å². The largest absolute Gasteiger partial charge is 0.478 e. The number of anilines is 2. The Morgan fingerprint density at radius 2 is 2.00 bits per heavy atom. The molecule has 10 nitrogen and oxygen atoms in total. The number of aromatic nitrogens is 5. The number of hydrogen-bond donors (Lipinski definition) is 0. The molecule has 188 valence electrons. The lowest BCUT2D eigenvalue weighted by Crippen LogP contribution is -2.14. The molecule has 36 heavy (non-hydrogen) atoms. The minimum Gasteiger partial charge on any atom is -0.478 e. The molecule has 0 N–H and O–H groups in total. The first-order valence-corrected chi connectivity index (χ1v) is 11.9. The van der Waals surface area contributed by atoms with Gasteiger partial charge in [0.2, 0.25) is 5.75 Å². The Morgan fingerprint density at radius 3 is 2.67 bits per heavy atom. The van der Waals surface area contributed by atoms with Crippen LogP contribution < -0.4 is 9.64 Å². The van der Waals surface area contributed by atoms with Crippen LogP contribution in [-0.2, 0) is 20.5 Å². The third-order valence-corrected chi connectivity index (χ3v) is 6.20. The van der Waals surface area contributed by atoms with E-state index in [1.54, 1.807) is 29.4 Å². The van der Waals surface area contributed by atoms with E-state index in [1.165, 1.54) is 24.4 Å².